The molecule has 10 unspecified atom stereocenters. The molecule has 10 atom stereocenters. The summed E-state index contributed by atoms with van der Waals surface area (Å²) in [6.45, 7) is 64.4. The molecule has 0 aromatic carbocycles. The fourth-order valence-corrected chi connectivity index (χ4v) is 81.8. The maximum atomic E-state index is 12.9. The number of ether oxygens (including phenoxy) is 4. The molecule has 4 saturated heterocycles. The molecule has 4 fully saturated rings. The molecule has 6 N–H and O–H groups in total. The van der Waals surface area contributed by atoms with E-state index in [1.54, 1.807) is 111 Å². The molecule has 4 heterocycles. The predicted octanol–water partition coefficient (Wildman–Crippen LogP) is 7.44. The minimum atomic E-state index is -6.30. The first-order valence-corrected chi connectivity index (χ1v) is 86.3. The Kier molecular flexibility index (Phi) is 41.8. The minimum Gasteiger partial charge on any atom is -0.465 e. The van der Waals surface area contributed by atoms with Gasteiger partial charge in [-0.15, -0.1) is 39.5 Å². The Morgan fingerprint density at radius 2 is 0.649 bits per heavy atom. The number of hydrogen-bond donors (Lipinski definition) is 10. The van der Waals surface area contributed by atoms with Gasteiger partial charge in [-0.1, -0.05) is 41.1 Å². The Morgan fingerprint density at radius 1 is 0.342 bits per heavy atom. The van der Waals surface area contributed by atoms with E-state index < -0.39 is 203 Å². The minimum absolute atomic E-state index is 0.0670. The second-order valence-corrected chi connectivity index (χ2v) is 101. The summed E-state index contributed by atoms with van der Waals surface area (Å²) in [5, 5.41) is 0. The average Bonchev–Trinajstić information content (AvgIpc) is 0.701. The standard InChI is InChI=1S/C27H74O26Si17.C17H28O8S4.C10H24O2Si3/c1-23-57(15,16)37-63(30)43-64(31,38-58(17,18)24-2)45-66(33)46-65(32,44-63)48-68(36-56(12,13)14)50-67(35-55(9,10)11,39-59(19,20)25-3)51-69(40-60(21,22)26-4)42-61(28,27-5)41-62(29,34-54(6,7)8)47-70(49-66,52-68)53-69;18-13(1-5-26)22-9-17(10-23-14(19)2-6-27,11-24-15(20)3-7-28)12-25-16(21)4-8-29;1-9-13(3,4)11-15(7,8)12-14(5,6)10-2/h23-26,28-33H,1-4,27H2,5-22H3;26-29H,1-12H2;9-10H,1-2H2,3-8H3. The Morgan fingerprint density at radius 3 is 0.965 bits per heavy atom. The van der Waals surface area contributed by atoms with Crippen LogP contribution < -0.4 is 0 Å². The maximum absolute atomic E-state index is 12.9. The largest absolute Gasteiger partial charge is 0.659 e. The highest BCUT2D eigenvalue weighted by molar-refractivity contribution is 7.80. The van der Waals surface area contributed by atoms with Crippen LogP contribution in [-0.4, -0.2) is 276 Å². The van der Waals surface area contributed by atoms with Gasteiger partial charge in [-0.05, 0) is 151 Å². The summed E-state index contributed by atoms with van der Waals surface area (Å²) in [7, 11) is -86.3. The van der Waals surface area contributed by atoms with E-state index in [1.807, 2.05) is 11.4 Å². The third kappa shape index (κ3) is 39.2. The fraction of sp³-hybridized carbons (Fsp3) is 0.704. The summed E-state index contributed by atoms with van der Waals surface area (Å²) < 4.78 is 163. The van der Waals surface area contributed by atoms with E-state index >= 15 is 0 Å². The quantitative estimate of drug-likeness (QED) is 0.0123. The molecule has 0 radical (unpaired) electrons. The molecular formula is C54H126O36S4Si20. The lowest BCUT2D eigenvalue weighted by Crippen LogP contribution is -2.87. The van der Waals surface area contributed by atoms with Crippen LogP contribution in [0.15, 0.2) is 73.7 Å². The highest BCUT2D eigenvalue weighted by atomic mass is 32.1. The molecule has 0 aromatic heterocycles. The van der Waals surface area contributed by atoms with Gasteiger partial charge < -0.3 is 138 Å². The summed E-state index contributed by atoms with van der Waals surface area (Å²) >= 11 is 15.9. The first kappa shape index (κ1) is 111. The van der Waals surface area contributed by atoms with Crippen LogP contribution >= 0.6 is 50.5 Å². The van der Waals surface area contributed by atoms with Gasteiger partial charge in [0.25, 0.3) is 0 Å². The summed E-state index contributed by atoms with van der Waals surface area (Å²) in [6.07, 6.45) is 0.268. The molecule has 4 aliphatic rings. The van der Waals surface area contributed by atoms with Crippen molar-refractivity contribution in [3.63, 3.8) is 0 Å². The molecule has 0 aromatic rings. The molecule has 1 spiro atoms. The number of hydrogen-bond acceptors (Lipinski definition) is 40. The van der Waals surface area contributed by atoms with Crippen LogP contribution in [0.4, 0.5) is 0 Å². The van der Waals surface area contributed by atoms with Crippen molar-refractivity contribution in [1.29, 1.82) is 0 Å². The first-order valence-electron chi connectivity index (χ1n) is 35.9. The van der Waals surface area contributed by atoms with Gasteiger partial charge >= 0.3 is 123 Å². The van der Waals surface area contributed by atoms with Gasteiger partial charge in [-0.25, -0.2) is 0 Å². The molecule has 36 nitrogen and oxygen atoms in total. The zero-order valence-electron chi connectivity index (χ0n) is 70.1. The molecule has 5 bridgehead atoms. The van der Waals surface area contributed by atoms with Crippen LogP contribution in [0.25, 0.3) is 0 Å². The van der Waals surface area contributed by atoms with Crippen LogP contribution in [0.2, 0.25) is 157 Å². The van der Waals surface area contributed by atoms with E-state index in [-0.39, 0.29) is 81.2 Å². The molecule has 0 aliphatic carbocycles. The lowest BCUT2D eigenvalue weighted by molar-refractivity contribution is -0.170. The summed E-state index contributed by atoms with van der Waals surface area (Å²) in [4.78, 5) is 123. The molecule has 60 heteroatoms. The number of fused-ring (bicyclic) bond motifs is 4. The van der Waals surface area contributed by atoms with Crippen molar-refractivity contribution in [3.05, 3.63) is 73.7 Å². The van der Waals surface area contributed by atoms with Crippen LogP contribution in [0, 0.1) is 5.41 Å². The smallest absolute Gasteiger partial charge is 0.465 e. The summed E-state index contributed by atoms with van der Waals surface area (Å²) in [5.74, 6) is -0.978. The third-order valence-corrected chi connectivity index (χ3v) is 79.7. The highest BCUT2D eigenvalue weighted by Crippen LogP contribution is 2.48. The van der Waals surface area contributed by atoms with Crippen LogP contribution in [-0.2, 0) is 129 Å². The average molecular weight is 2040 g/mol. The van der Waals surface area contributed by atoms with Crippen molar-refractivity contribution in [2.75, 3.05) is 49.4 Å². The van der Waals surface area contributed by atoms with Crippen molar-refractivity contribution in [2.45, 2.75) is 189 Å². The Balaban J connectivity index is 0.000000816. The molecule has 4 aliphatic heterocycles. The molecule has 0 saturated carbocycles. The van der Waals surface area contributed by atoms with Crippen LogP contribution in [0.3, 0.4) is 0 Å². The van der Waals surface area contributed by atoms with Crippen molar-refractivity contribution in [1.82, 2.24) is 0 Å². The normalized spacial score (nSPS) is 28.9. The van der Waals surface area contributed by atoms with E-state index in [2.05, 4.69) is 129 Å². The van der Waals surface area contributed by atoms with Crippen molar-refractivity contribution in [2.24, 2.45) is 5.41 Å². The molecule has 114 heavy (non-hydrogen) atoms. The van der Waals surface area contributed by atoms with Crippen LogP contribution in [0.1, 0.15) is 32.6 Å². The van der Waals surface area contributed by atoms with Gasteiger partial charge in [-0.2, -0.15) is 50.5 Å². The van der Waals surface area contributed by atoms with Gasteiger partial charge in [0.15, 0.2) is 41.6 Å². The van der Waals surface area contributed by atoms with Gasteiger partial charge in [-0.3, -0.25) is 19.2 Å². The second kappa shape index (κ2) is 43.0. The van der Waals surface area contributed by atoms with Gasteiger partial charge in [0, 0.05) is 29.1 Å². The number of rotatable bonds is 41. The topological polar surface area (TPSA) is 430 Å². The van der Waals surface area contributed by atoms with E-state index in [9.17, 15) is 48.0 Å². The van der Waals surface area contributed by atoms with E-state index in [1.165, 1.54) is 29.7 Å². The number of esters is 4. The van der Waals surface area contributed by atoms with E-state index in [0.29, 0.717) is 0 Å². The molecular weight excluding hydrogens is 1910 g/mol. The molecule has 662 valence electrons. The van der Waals surface area contributed by atoms with Gasteiger partial charge in [0.2, 0.25) is 33.3 Å². The zero-order chi connectivity index (χ0) is 88.6. The van der Waals surface area contributed by atoms with E-state index in [0.717, 1.165) is 0 Å². The zero-order valence-corrected chi connectivity index (χ0v) is 93.7. The number of thiol groups is 4. The monoisotopic (exact) mass is 2040 g/mol. The number of carbonyl (C=O) groups is 4. The number of carbonyl (C=O) groups excluding carboxylic acids is 4. The third-order valence-electron chi connectivity index (χ3n) is 14.1. The second-order valence-electron chi connectivity index (χ2n) is 32.6. The Hall–Kier alpha value is 0.938. The van der Waals surface area contributed by atoms with Gasteiger partial charge in [0.05, 0.1) is 25.7 Å². The molecule has 0 amide bonds. The fourth-order valence-electron chi connectivity index (χ4n) is 8.93. The first-order chi connectivity index (χ1) is 51.3. The van der Waals surface area contributed by atoms with E-state index in [4.69, 9.17) is 109 Å². The van der Waals surface area contributed by atoms with Crippen molar-refractivity contribution < 1.29 is 157 Å². The summed E-state index contributed by atoms with van der Waals surface area (Å²) in [6, 6.07) is -0.367. The van der Waals surface area contributed by atoms with Crippen LogP contribution in [0.5, 0.6) is 0 Å². The Bertz CT molecular complexity index is 3170. The van der Waals surface area contributed by atoms with Gasteiger partial charge in [0.1, 0.15) is 31.8 Å². The SMILES string of the molecule is C=C[Si](C)(C)O[Si](C)(C)O[Si](C)(C)C=C.C=C[Si](C)(C)O[Si]1(O)O[Si](O)(O[Si](C)(C)C=C)O[Si]2(O)O[Si](O)(O1)O[Si]1(O[Si](C)(C)C)O[Si](O[Si](C)(C)C)(O[Si](C)(C)C=C)O[Si]3(O[Si](C)(C)C=C)O[Si](O)(CC)O[Si](O)(O[Si](C)(C)C)O[Si](O2)(O3)O1.O=C(CCS)OCC(COC(=O)CCS)(COC(=O)CCS)COC(=O)CCS. The van der Waals surface area contributed by atoms with Crippen molar-refractivity contribution >= 4 is 248 Å². The lowest BCUT2D eigenvalue weighted by atomic mass is 9.92. The predicted molar refractivity (Wildman–Crippen MR) is 479 cm³/mol. The lowest BCUT2D eigenvalue weighted by Gasteiger charge is -2.55. The van der Waals surface area contributed by atoms with Crippen molar-refractivity contribution in [3.8, 4) is 0 Å². The summed E-state index contributed by atoms with van der Waals surface area (Å²) in [5.41, 5.74) is 8.38. The maximum Gasteiger partial charge on any atom is 0.659 e. The Labute approximate surface area is 717 Å². The highest BCUT2D eigenvalue weighted by Gasteiger charge is 2.87. The molecule has 4 rings (SSSR count).